The molecule has 0 heterocycles. The fourth-order valence-electron chi connectivity index (χ4n) is 1.14. The van der Waals surface area contributed by atoms with Crippen molar-refractivity contribution in [1.29, 1.82) is 0 Å². The Labute approximate surface area is 103 Å². The van der Waals surface area contributed by atoms with E-state index < -0.39 is 12.3 Å². The maximum Gasteiger partial charge on any atom is 0.414 e. The van der Waals surface area contributed by atoms with Gasteiger partial charge in [-0.15, -0.1) is 0 Å². The molecule has 2 nitrogen and oxygen atoms in total. The zero-order valence-electron chi connectivity index (χ0n) is 9.79. The van der Waals surface area contributed by atoms with Crippen LogP contribution < -0.4 is 0 Å². The number of benzene rings is 1. The van der Waals surface area contributed by atoms with Gasteiger partial charge in [0.25, 0.3) is 0 Å². The minimum atomic E-state index is -4.34. The average molecular weight is 258 g/mol. The first-order chi connectivity index (χ1) is 8.43. The van der Waals surface area contributed by atoms with E-state index in [1.807, 2.05) is 0 Å². The van der Waals surface area contributed by atoms with Gasteiger partial charge in [-0.1, -0.05) is 24.0 Å². The van der Waals surface area contributed by atoms with Crippen LogP contribution >= 0.6 is 0 Å². The zero-order chi connectivity index (χ0) is 13.6. The molecule has 0 amide bonds. The van der Waals surface area contributed by atoms with Crippen LogP contribution in [0.5, 0.6) is 0 Å². The van der Waals surface area contributed by atoms with Gasteiger partial charge in [-0.2, -0.15) is 13.2 Å². The van der Waals surface area contributed by atoms with Gasteiger partial charge in [0.1, 0.15) is 6.61 Å². The van der Waals surface area contributed by atoms with Crippen LogP contribution in [0, 0.1) is 11.8 Å². The third-order valence-corrected chi connectivity index (χ3v) is 2.23. The van der Waals surface area contributed by atoms with E-state index in [0.717, 1.165) is 6.92 Å². The monoisotopic (exact) mass is 258 g/mol. The summed E-state index contributed by atoms with van der Waals surface area (Å²) in [5.74, 6) is 5.17. The number of halogens is 3. The molecule has 0 radical (unpaired) electrons. The van der Waals surface area contributed by atoms with Gasteiger partial charge in [0.2, 0.25) is 0 Å². The van der Waals surface area contributed by atoms with E-state index in [1.54, 1.807) is 24.3 Å². The maximum absolute atomic E-state index is 12.2. The highest BCUT2D eigenvalue weighted by molar-refractivity contribution is 5.36. The zero-order valence-corrected chi connectivity index (χ0v) is 9.79. The summed E-state index contributed by atoms with van der Waals surface area (Å²) in [5, 5.41) is 8.50. The van der Waals surface area contributed by atoms with Gasteiger partial charge in [0.15, 0.2) is 6.10 Å². The minimum absolute atomic E-state index is 0.103. The van der Waals surface area contributed by atoms with Crippen molar-refractivity contribution >= 4 is 0 Å². The van der Waals surface area contributed by atoms with Gasteiger partial charge >= 0.3 is 6.18 Å². The molecule has 5 heteroatoms. The van der Waals surface area contributed by atoms with Crippen LogP contribution in [0.2, 0.25) is 0 Å². The Balaban J connectivity index is 2.54. The van der Waals surface area contributed by atoms with E-state index in [9.17, 15) is 13.2 Å². The van der Waals surface area contributed by atoms with Crippen LogP contribution in [0.25, 0.3) is 0 Å². The summed E-state index contributed by atoms with van der Waals surface area (Å²) in [4.78, 5) is 0. The Morgan fingerprint density at radius 2 is 1.89 bits per heavy atom. The fourth-order valence-corrected chi connectivity index (χ4v) is 1.14. The van der Waals surface area contributed by atoms with Crippen LogP contribution in [-0.4, -0.2) is 24.0 Å². The first-order valence-electron chi connectivity index (χ1n) is 5.30. The van der Waals surface area contributed by atoms with Crippen molar-refractivity contribution in [3.8, 4) is 11.8 Å². The Bertz CT molecular complexity index is 426. The van der Waals surface area contributed by atoms with Crippen molar-refractivity contribution in [3.63, 3.8) is 0 Å². The molecule has 1 atom stereocenters. The lowest BCUT2D eigenvalue weighted by Crippen LogP contribution is -2.28. The van der Waals surface area contributed by atoms with Crippen LogP contribution in [-0.2, 0) is 11.3 Å². The van der Waals surface area contributed by atoms with E-state index in [2.05, 4.69) is 11.8 Å². The van der Waals surface area contributed by atoms with Gasteiger partial charge < -0.3 is 9.84 Å². The second kappa shape index (κ2) is 6.43. The van der Waals surface area contributed by atoms with Gasteiger partial charge in [-0.3, -0.25) is 0 Å². The smallest absolute Gasteiger partial charge is 0.384 e. The number of aliphatic hydroxyl groups is 1. The predicted octanol–water partition coefficient (Wildman–Crippen LogP) is 2.50. The summed E-state index contributed by atoms with van der Waals surface area (Å²) in [6.07, 6.45) is -6.13. The molecule has 1 unspecified atom stereocenters. The number of hydrogen-bond donors (Lipinski definition) is 1. The van der Waals surface area contributed by atoms with E-state index in [-0.39, 0.29) is 13.2 Å². The van der Waals surface area contributed by atoms with Crippen molar-refractivity contribution in [1.82, 2.24) is 0 Å². The molecule has 0 aromatic heterocycles. The summed E-state index contributed by atoms with van der Waals surface area (Å²) >= 11 is 0. The summed E-state index contributed by atoms with van der Waals surface area (Å²) < 4.78 is 41.3. The Morgan fingerprint density at radius 3 is 2.39 bits per heavy atom. The fraction of sp³-hybridized carbons (Fsp3) is 0.385. The maximum atomic E-state index is 12.2. The third kappa shape index (κ3) is 4.78. The number of hydrogen-bond acceptors (Lipinski definition) is 2. The SMILES string of the molecule is CC(OCc1ccc(C#CCO)cc1)C(F)(F)F. The molecule has 0 saturated carbocycles. The molecule has 0 bridgehead atoms. The van der Waals surface area contributed by atoms with Crippen molar-refractivity contribution in [2.24, 2.45) is 0 Å². The summed E-state index contributed by atoms with van der Waals surface area (Å²) in [7, 11) is 0. The molecule has 0 fully saturated rings. The first-order valence-corrected chi connectivity index (χ1v) is 5.30. The van der Waals surface area contributed by atoms with Crippen LogP contribution in [0.3, 0.4) is 0 Å². The van der Waals surface area contributed by atoms with Gasteiger partial charge in [-0.05, 0) is 24.6 Å². The average Bonchev–Trinajstić information content (AvgIpc) is 2.33. The van der Waals surface area contributed by atoms with Crippen molar-refractivity contribution in [2.45, 2.75) is 25.8 Å². The molecule has 0 aliphatic heterocycles. The minimum Gasteiger partial charge on any atom is -0.384 e. The molecule has 1 aromatic rings. The van der Waals surface area contributed by atoms with E-state index >= 15 is 0 Å². The lowest BCUT2D eigenvalue weighted by atomic mass is 10.1. The molecular formula is C13H13F3O2. The van der Waals surface area contributed by atoms with Crippen LogP contribution in [0.15, 0.2) is 24.3 Å². The summed E-state index contributed by atoms with van der Waals surface area (Å²) in [5.41, 5.74) is 1.33. The molecule has 0 saturated heterocycles. The highest BCUT2D eigenvalue weighted by Crippen LogP contribution is 2.23. The van der Waals surface area contributed by atoms with Crippen molar-refractivity contribution in [2.75, 3.05) is 6.61 Å². The lowest BCUT2D eigenvalue weighted by Gasteiger charge is -2.16. The molecule has 1 aromatic carbocycles. The second-order valence-electron chi connectivity index (χ2n) is 3.65. The molecular weight excluding hydrogens is 245 g/mol. The number of rotatable bonds is 3. The molecule has 0 aliphatic carbocycles. The normalized spacial score (nSPS) is 12.7. The van der Waals surface area contributed by atoms with Gasteiger partial charge in [0, 0.05) is 5.56 Å². The Hall–Kier alpha value is -1.51. The first kappa shape index (κ1) is 14.6. The predicted molar refractivity (Wildman–Crippen MR) is 60.7 cm³/mol. The number of ether oxygens (including phenoxy) is 1. The van der Waals surface area contributed by atoms with Gasteiger partial charge in [-0.25, -0.2) is 0 Å². The lowest BCUT2D eigenvalue weighted by molar-refractivity contribution is -0.217. The Kier molecular flexibility index (Phi) is 5.20. The topological polar surface area (TPSA) is 29.5 Å². The molecule has 1 rings (SSSR count). The summed E-state index contributed by atoms with van der Waals surface area (Å²) in [6.45, 7) is 0.642. The van der Waals surface area contributed by atoms with E-state index in [1.165, 1.54) is 0 Å². The molecule has 18 heavy (non-hydrogen) atoms. The standard InChI is InChI=1S/C13H13F3O2/c1-10(13(14,15)16)18-9-12-6-4-11(5-7-12)3-2-8-17/h4-7,10,17H,8-9H2,1H3. The second-order valence-corrected chi connectivity index (χ2v) is 3.65. The largest absolute Gasteiger partial charge is 0.414 e. The van der Waals surface area contributed by atoms with Crippen LogP contribution in [0.1, 0.15) is 18.1 Å². The molecule has 0 aliphatic rings. The highest BCUT2D eigenvalue weighted by atomic mass is 19.4. The van der Waals surface area contributed by atoms with Gasteiger partial charge in [0.05, 0.1) is 6.61 Å². The molecule has 0 spiro atoms. The third-order valence-electron chi connectivity index (χ3n) is 2.23. The number of alkyl halides is 3. The molecule has 98 valence electrons. The Morgan fingerprint density at radius 1 is 1.28 bits per heavy atom. The van der Waals surface area contributed by atoms with E-state index in [4.69, 9.17) is 9.84 Å². The van der Waals surface area contributed by atoms with E-state index in [0.29, 0.717) is 11.1 Å². The summed E-state index contributed by atoms with van der Waals surface area (Å²) in [6, 6.07) is 6.62. The number of aliphatic hydroxyl groups excluding tert-OH is 1. The highest BCUT2D eigenvalue weighted by Gasteiger charge is 2.36. The van der Waals surface area contributed by atoms with Crippen molar-refractivity contribution < 1.29 is 23.0 Å². The molecule has 1 N–H and O–H groups in total. The van der Waals surface area contributed by atoms with Crippen molar-refractivity contribution in [3.05, 3.63) is 35.4 Å². The quantitative estimate of drug-likeness (QED) is 0.844. The van der Waals surface area contributed by atoms with Crippen LogP contribution in [0.4, 0.5) is 13.2 Å².